The summed E-state index contributed by atoms with van der Waals surface area (Å²) in [5.41, 5.74) is 1.41. The first kappa shape index (κ1) is 11.8. The maximum atomic E-state index is 2.54. The molecule has 3 rings (SSSR count). The Balaban J connectivity index is 2.09. The van der Waals surface area contributed by atoms with Crippen LogP contribution in [-0.2, 0) is 0 Å². The fourth-order valence-electron chi connectivity index (χ4n) is 2.16. The predicted octanol–water partition coefficient (Wildman–Crippen LogP) is 4.86. The first-order valence-electron chi connectivity index (χ1n) is 5.85. The molecule has 2 aromatic carbocycles. The summed E-state index contributed by atoms with van der Waals surface area (Å²) in [7, 11) is 0. The van der Waals surface area contributed by atoms with Crippen molar-refractivity contribution in [1.82, 2.24) is 0 Å². The van der Waals surface area contributed by atoms with E-state index in [0.717, 1.165) is 15.0 Å². The third-order valence-corrected chi connectivity index (χ3v) is 7.79. The van der Waals surface area contributed by atoms with Gasteiger partial charge in [0, 0.05) is 0 Å². The molecule has 86 valence electrons. The van der Waals surface area contributed by atoms with E-state index in [4.69, 9.17) is 0 Å². The van der Waals surface area contributed by atoms with Gasteiger partial charge < -0.3 is 0 Å². The van der Waals surface area contributed by atoms with Crippen LogP contribution in [0.2, 0.25) is 5.32 Å². The van der Waals surface area contributed by atoms with Crippen molar-refractivity contribution in [2.24, 2.45) is 0 Å². The van der Waals surface area contributed by atoms with Gasteiger partial charge in [-0.2, -0.15) is 0 Å². The zero-order chi connectivity index (χ0) is 11.7. The first-order chi connectivity index (χ1) is 8.34. The van der Waals surface area contributed by atoms with Crippen LogP contribution in [0.5, 0.6) is 0 Å². The molecule has 1 heterocycles. The number of halogens is 1. The number of allylic oxidation sites excluding steroid dienone is 1. The van der Waals surface area contributed by atoms with Crippen LogP contribution in [0.25, 0.3) is 14.4 Å². The SMILES string of the molecule is I/C(=C1\CCC[Se]1)c1ccc2ccccc2c1. The Kier molecular flexibility index (Phi) is 3.55. The van der Waals surface area contributed by atoms with Crippen LogP contribution in [0.1, 0.15) is 18.4 Å². The molecule has 0 radical (unpaired) electrons. The van der Waals surface area contributed by atoms with Crippen molar-refractivity contribution in [2.45, 2.75) is 18.2 Å². The molecule has 0 aliphatic carbocycles. The molecule has 0 bridgehead atoms. The molecule has 1 saturated heterocycles. The summed E-state index contributed by atoms with van der Waals surface area (Å²) in [6.45, 7) is 0. The quantitative estimate of drug-likeness (QED) is 0.475. The number of fused-ring (bicyclic) bond motifs is 1. The van der Waals surface area contributed by atoms with Crippen LogP contribution in [0, 0.1) is 0 Å². The topological polar surface area (TPSA) is 0 Å². The van der Waals surface area contributed by atoms with Gasteiger partial charge in [-0.3, -0.25) is 0 Å². The molecule has 0 spiro atoms. The van der Waals surface area contributed by atoms with Crippen LogP contribution in [-0.4, -0.2) is 15.0 Å². The van der Waals surface area contributed by atoms with Gasteiger partial charge in [0.25, 0.3) is 0 Å². The molecule has 2 heteroatoms. The van der Waals surface area contributed by atoms with E-state index in [1.807, 2.05) is 0 Å². The van der Waals surface area contributed by atoms with Gasteiger partial charge in [0.15, 0.2) is 0 Å². The summed E-state index contributed by atoms with van der Waals surface area (Å²) >= 11 is 3.29. The molecule has 0 N–H and O–H groups in total. The second-order valence-corrected chi connectivity index (χ2v) is 7.83. The molecule has 1 aliphatic heterocycles. The van der Waals surface area contributed by atoms with Crippen LogP contribution in [0.15, 0.2) is 46.9 Å². The summed E-state index contributed by atoms with van der Waals surface area (Å²) in [5.74, 6) is 0. The Bertz CT molecular complexity index is 578. The fourth-order valence-corrected chi connectivity index (χ4v) is 5.82. The second kappa shape index (κ2) is 5.13. The molecule has 0 nitrogen and oxygen atoms in total. The fraction of sp³-hybridized carbons (Fsp3) is 0.200. The molecule has 0 saturated carbocycles. The minimum absolute atomic E-state index is 0.752. The Morgan fingerprint density at radius 2 is 1.88 bits per heavy atom. The third kappa shape index (κ3) is 2.44. The van der Waals surface area contributed by atoms with Crippen molar-refractivity contribution in [3.05, 3.63) is 52.5 Å². The number of benzene rings is 2. The van der Waals surface area contributed by atoms with Gasteiger partial charge in [-0.15, -0.1) is 0 Å². The van der Waals surface area contributed by atoms with Crippen LogP contribution >= 0.6 is 22.6 Å². The van der Waals surface area contributed by atoms with E-state index in [2.05, 4.69) is 65.1 Å². The summed E-state index contributed by atoms with van der Waals surface area (Å²) < 4.78 is 3.22. The average Bonchev–Trinajstić information content (AvgIpc) is 2.91. The van der Waals surface area contributed by atoms with Gasteiger partial charge in [-0.25, -0.2) is 0 Å². The Hall–Kier alpha value is -0.311. The van der Waals surface area contributed by atoms with Crippen molar-refractivity contribution < 1.29 is 0 Å². The Labute approximate surface area is 122 Å². The second-order valence-electron chi connectivity index (χ2n) is 4.25. The molecular weight excluding hydrogens is 386 g/mol. The van der Waals surface area contributed by atoms with E-state index in [1.165, 1.54) is 38.1 Å². The van der Waals surface area contributed by atoms with E-state index >= 15 is 0 Å². The number of rotatable bonds is 1. The van der Waals surface area contributed by atoms with Crippen molar-refractivity contribution in [1.29, 1.82) is 0 Å². The molecule has 17 heavy (non-hydrogen) atoms. The van der Waals surface area contributed by atoms with Gasteiger partial charge in [0.2, 0.25) is 0 Å². The molecule has 2 aromatic rings. The van der Waals surface area contributed by atoms with Crippen LogP contribution < -0.4 is 0 Å². The van der Waals surface area contributed by atoms with Gasteiger partial charge >= 0.3 is 123 Å². The first-order valence-corrected chi connectivity index (χ1v) is 9.00. The predicted molar refractivity (Wildman–Crippen MR) is 84.7 cm³/mol. The summed E-state index contributed by atoms with van der Waals surface area (Å²) in [5, 5.41) is 4.12. The Morgan fingerprint density at radius 3 is 2.65 bits per heavy atom. The van der Waals surface area contributed by atoms with Gasteiger partial charge in [0.1, 0.15) is 0 Å². The molecule has 0 unspecified atom stereocenters. The zero-order valence-corrected chi connectivity index (χ0v) is 13.3. The summed E-state index contributed by atoms with van der Waals surface area (Å²) in [6.07, 6.45) is 2.72. The summed E-state index contributed by atoms with van der Waals surface area (Å²) in [4.78, 5) is 0. The molecule has 1 aliphatic rings. The van der Waals surface area contributed by atoms with Gasteiger partial charge in [-0.05, 0) is 0 Å². The zero-order valence-electron chi connectivity index (χ0n) is 9.45. The molecule has 0 atom stereocenters. The summed E-state index contributed by atoms with van der Waals surface area (Å²) in [6, 6.07) is 15.4. The van der Waals surface area contributed by atoms with Gasteiger partial charge in [-0.1, -0.05) is 0 Å². The van der Waals surface area contributed by atoms with E-state index in [9.17, 15) is 0 Å². The van der Waals surface area contributed by atoms with E-state index in [-0.39, 0.29) is 0 Å². The standard InChI is InChI=1S/C15H13ISe/c16-15(14-6-3-9-17-14)13-8-7-11-4-1-2-5-12(11)10-13/h1-2,4-5,7-8,10H,3,6,9H2/b15-14+. The van der Waals surface area contributed by atoms with Crippen LogP contribution in [0.3, 0.4) is 0 Å². The molecule has 0 aromatic heterocycles. The molecular formula is C15H13ISe. The van der Waals surface area contributed by atoms with E-state index in [0.29, 0.717) is 0 Å². The number of hydrogen-bond donors (Lipinski definition) is 0. The monoisotopic (exact) mass is 400 g/mol. The Morgan fingerprint density at radius 1 is 1.06 bits per heavy atom. The van der Waals surface area contributed by atoms with Crippen molar-refractivity contribution >= 4 is 51.9 Å². The molecule has 1 fully saturated rings. The third-order valence-electron chi connectivity index (χ3n) is 3.07. The van der Waals surface area contributed by atoms with Crippen LogP contribution in [0.4, 0.5) is 0 Å². The van der Waals surface area contributed by atoms with Gasteiger partial charge in [0.05, 0.1) is 0 Å². The minimum atomic E-state index is 0.752. The van der Waals surface area contributed by atoms with Crippen molar-refractivity contribution in [2.75, 3.05) is 0 Å². The van der Waals surface area contributed by atoms with Crippen molar-refractivity contribution in [3.8, 4) is 0 Å². The van der Waals surface area contributed by atoms with Crippen molar-refractivity contribution in [3.63, 3.8) is 0 Å². The number of hydrogen-bond acceptors (Lipinski definition) is 0. The molecule has 0 amide bonds. The maximum absolute atomic E-state index is 2.54. The normalized spacial score (nSPS) is 18.6. The van der Waals surface area contributed by atoms with E-state index < -0.39 is 0 Å². The average molecular weight is 399 g/mol. The van der Waals surface area contributed by atoms with E-state index in [1.54, 1.807) is 4.47 Å².